The van der Waals surface area contributed by atoms with Gasteiger partial charge in [-0.2, -0.15) is 5.10 Å². The molecule has 2 aromatic heterocycles. The van der Waals surface area contributed by atoms with Crippen molar-refractivity contribution in [2.24, 2.45) is 0 Å². The lowest BCUT2D eigenvalue weighted by Crippen LogP contribution is -2.04. The van der Waals surface area contributed by atoms with Crippen molar-refractivity contribution in [1.29, 1.82) is 0 Å². The number of aromatic nitrogens is 4. The Labute approximate surface area is 70.3 Å². The fraction of sp³-hybridized carbons (Fsp3) is 0.375. The third kappa shape index (κ3) is 0.958. The molecule has 0 saturated heterocycles. The first-order chi connectivity index (χ1) is 5.79. The molecule has 2 heterocycles. The van der Waals surface area contributed by atoms with Crippen molar-refractivity contribution in [2.45, 2.75) is 19.8 Å². The van der Waals surface area contributed by atoms with E-state index in [1.54, 1.807) is 17.0 Å². The van der Waals surface area contributed by atoms with Crippen LogP contribution in [0.2, 0.25) is 0 Å². The lowest BCUT2D eigenvalue weighted by molar-refractivity contribution is 0.701. The Bertz CT molecular complexity index is 391. The van der Waals surface area contributed by atoms with Gasteiger partial charge in [-0.1, -0.05) is 13.8 Å². The van der Waals surface area contributed by atoms with Crippen molar-refractivity contribution in [3.05, 3.63) is 24.4 Å². The highest BCUT2D eigenvalue weighted by molar-refractivity contribution is 5.35. The second-order valence-electron chi connectivity index (χ2n) is 2.99. The molecule has 4 heteroatoms. The summed E-state index contributed by atoms with van der Waals surface area (Å²) in [6.07, 6.45) is 3.31. The van der Waals surface area contributed by atoms with E-state index < -0.39 is 0 Å². The molecule has 0 radical (unpaired) electrons. The molecule has 0 N–H and O–H groups in total. The second-order valence-corrected chi connectivity index (χ2v) is 2.99. The Morgan fingerprint density at radius 3 is 2.92 bits per heavy atom. The maximum Gasteiger partial charge on any atom is 0.158 e. The van der Waals surface area contributed by atoms with E-state index in [9.17, 15) is 0 Å². The van der Waals surface area contributed by atoms with Gasteiger partial charge in [0.2, 0.25) is 0 Å². The topological polar surface area (TPSA) is 43.1 Å². The van der Waals surface area contributed by atoms with Crippen molar-refractivity contribution in [2.75, 3.05) is 0 Å². The Hall–Kier alpha value is -1.45. The van der Waals surface area contributed by atoms with Gasteiger partial charge < -0.3 is 0 Å². The molecule has 2 rings (SSSR count). The summed E-state index contributed by atoms with van der Waals surface area (Å²) in [6, 6.07) is 1.87. The van der Waals surface area contributed by atoms with E-state index in [4.69, 9.17) is 0 Å². The van der Waals surface area contributed by atoms with Crippen molar-refractivity contribution in [1.82, 2.24) is 19.6 Å². The largest absolute Gasteiger partial charge is 0.221 e. The van der Waals surface area contributed by atoms with E-state index in [1.165, 1.54) is 0 Å². The van der Waals surface area contributed by atoms with Crippen LogP contribution in [0.15, 0.2) is 18.6 Å². The average molecular weight is 162 g/mol. The molecule has 0 aliphatic heterocycles. The van der Waals surface area contributed by atoms with E-state index in [0.717, 1.165) is 11.5 Å². The molecule has 62 valence electrons. The normalized spacial score (nSPS) is 11.2. The fourth-order valence-electron chi connectivity index (χ4n) is 1.17. The lowest BCUT2D eigenvalue weighted by Gasteiger charge is -2.04. The molecule has 0 saturated carbocycles. The summed E-state index contributed by atoms with van der Waals surface area (Å²) in [5, 5.41) is 4.13. The van der Waals surface area contributed by atoms with Gasteiger partial charge in [0.15, 0.2) is 5.65 Å². The van der Waals surface area contributed by atoms with Crippen molar-refractivity contribution in [3.8, 4) is 0 Å². The van der Waals surface area contributed by atoms with Crippen LogP contribution in [0.1, 0.15) is 25.6 Å². The fourth-order valence-corrected chi connectivity index (χ4v) is 1.17. The number of nitrogens with zero attached hydrogens (tertiary/aromatic N) is 4. The Kier molecular flexibility index (Phi) is 1.53. The zero-order valence-corrected chi connectivity index (χ0v) is 7.10. The molecule has 0 aromatic carbocycles. The van der Waals surface area contributed by atoms with Crippen LogP contribution in [0.3, 0.4) is 0 Å². The van der Waals surface area contributed by atoms with Crippen molar-refractivity contribution < 1.29 is 0 Å². The summed E-state index contributed by atoms with van der Waals surface area (Å²) in [6.45, 7) is 4.17. The maximum absolute atomic E-state index is 4.17. The molecule has 4 nitrogen and oxygen atoms in total. The van der Waals surface area contributed by atoms with Crippen LogP contribution in [0.5, 0.6) is 0 Å². The zero-order chi connectivity index (χ0) is 8.55. The molecular formula is C8H10N4. The number of hydrogen-bond acceptors (Lipinski definition) is 3. The lowest BCUT2D eigenvalue weighted by atomic mass is 10.2. The summed E-state index contributed by atoms with van der Waals surface area (Å²) < 4.78 is 1.77. The van der Waals surface area contributed by atoms with Crippen LogP contribution in [0.4, 0.5) is 0 Å². The SMILES string of the molecule is CC(C)c1ncnc2ccnn12. The van der Waals surface area contributed by atoms with Crippen LogP contribution in [-0.4, -0.2) is 19.6 Å². The van der Waals surface area contributed by atoms with Gasteiger partial charge in [0.05, 0.1) is 6.20 Å². The van der Waals surface area contributed by atoms with E-state index >= 15 is 0 Å². The average Bonchev–Trinajstić information content (AvgIpc) is 2.49. The molecular weight excluding hydrogens is 152 g/mol. The molecule has 0 aliphatic carbocycles. The van der Waals surface area contributed by atoms with Crippen LogP contribution in [0, 0.1) is 0 Å². The minimum Gasteiger partial charge on any atom is -0.221 e. The standard InChI is InChI=1S/C8H10N4/c1-6(2)8-10-5-9-7-3-4-11-12(7)8/h3-6H,1-2H3. The number of fused-ring (bicyclic) bond motifs is 1. The van der Waals surface area contributed by atoms with Gasteiger partial charge in [0, 0.05) is 12.0 Å². The molecule has 0 atom stereocenters. The molecule has 0 spiro atoms. The summed E-state index contributed by atoms with van der Waals surface area (Å²) in [5.41, 5.74) is 0.855. The van der Waals surface area contributed by atoms with Crippen molar-refractivity contribution in [3.63, 3.8) is 0 Å². The minimum atomic E-state index is 0.371. The van der Waals surface area contributed by atoms with Gasteiger partial charge in [0.1, 0.15) is 12.2 Å². The van der Waals surface area contributed by atoms with E-state index in [-0.39, 0.29) is 0 Å². The molecule has 0 amide bonds. The first-order valence-corrected chi connectivity index (χ1v) is 3.93. The van der Waals surface area contributed by atoms with E-state index in [0.29, 0.717) is 5.92 Å². The molecule has 0 fully saturated rings. The minimum absolute atomic E-state index is 0.371. The Balaban J connectivity index is 2.73. The van der Waals surface area contributed by atoms with E-state index in [2.05, 4.69) is 28.9 Å². The molecule has 2 aromatic rings. The van der Waals surface area contributed by atoms with Gasteiger partial charge >= 0.3 is 0 Å². The Morgan fingerprint density at radius 2 is 2.17 bits per heavy atom. The summed E-state index contributed by atoms with van der Waals surface area (Å²) in [4.78, 5) is 8.24. The first-order valence-electron chi connectivity index (χ1n) is 3.93. The van der Waals surface area contributed by atoms with E-state index in [1.807, 2.05) is 6.07 Å². The van der Waals surface area contributed by atoms with Crippen LogP contribution >= 0.6 is 0 Å². The van der Waals surface area contributed by atoms with Gasteiger partial charge in [-0.25, -0.2) is 14.5 Å². The molecule has 0 unspecified atom stereocenters. The highest BCUT2D eigenvalue weighted by Crippen LogP contribution is 2.10. The van der Waals surface area contributed by atoms with Crippen molar-refractivity contribution >= 4 is 5.65 Å². The quantitative estimate of drug-likeness (QED) is 0.633. The third-order valence-corrected chi connectivity index (χ3v) is 1.74. The van der Waals surface area contributed by atoms with Crippen LogP contribution in [-0.2, 0) is 0 Å². The van der Waals surface area contributed by atoms with Gasteiger partial charge in [-0.05, 0) is 0 Å². The highest BCUT2D eigenvalue weighted by Gasteiger charge is 2.06. The summed E-state index contributed by atoms with van der Waals surface area (Å²) in [7, 11) is 0. The van der Waals surface area contributed by atoms with Crippen LogP contribution in [0.25, 0.3) is 5.65 Å². The van der Waals surface area contributed by atoms with Gasteiger partial charge in [0.25, 0.3) is 0 Å². The predicted molar refractivity (Wildman–Crippen MR) is 44.9 cm³/mol. The second kappa shape index (κ2) is 2.55. The Morgan fingerprint density at radius 1 is 1.33 bits per heavy atom. The molecule has 0 bridgehead atoms. The monoisotopic (exact) mass is 162 g/mol. The smallest absolute Gasteiger partial charge is 0.158 e. The zero-order valence-electron chi connectivity index (χ0n) is 7.10. The first kappa shape index (κ1) is 7.21. The van der Waals surface area contributed by atoms with Gasteiger partial charge in [-0.3, -0.25) is 0 Å². The number of rotatable bonds is 1. The number of hydrogen-bond donors (Lipinski definition) is 0. The molecule has 12 heavy (non-hydrogen) atoms. The van der Waals surface area contributed by atoms with Gasteiger partial charge in [-0.15, -0.1) is 0 Å². The molecule has 0 aliphatic rings. The summed E-state index contributed by atoms with van der Waals surface area (Å²) in [5.74, 6) is 1.32. The maximum atomic E-state index is 4.17. The third-order valence-electron chi connectivity index (χ3n) is 1.74. The predicted octanol–water partition coefficient (Wildman–Crippen LogP) is 1.25. The summed E-state index contributed by atoms with van der Waals surface area (Å²) >= 11 is 0. The highest BCUT2D eigenvalue weighted by atomic mass is 15.3. The van der Waals surface area contributed by atoms with Crippen LogP contribution < -0.4 is 0 Å².